The molecule has 2 rings (SSSR count). The number of alkyl halides is 3. The molecule has 0 amide bonds. The van der Waals surface area contributed by atoms with Gasteiger partial charge in [0.2, 0.25) is 0 Å². The number of aromatic nitrogens is 1. The molecule has 90 valence electrons. The van der Waals surface area contributed by atoms with Gasteiger partial charge in [0.25, 0.3) is 0 Å². The number of hydrogen-bond donors (Lipinski definition) is 1. The minimum Gasteiger partial charge on any atom is -0.317 e. The normalized spacial score (nSPS) is 18.9. The number of nitrogens with one attached hydrogen (secondary N) is 1. The Bertz CT molecular complexity index is 342. The summed E-state index contributed by atoms with van der Waals surface area (Å²) in [6.07, 6.45) is -0.560. The molecular weight excluding hydrogens is 237 g/mol. The van der Waals surface area contributed by atoms with Crippen molar-refractivity contribution >= 4 is 11.3 Å². The number of thiazole rings is 1. The molecule has 1 fully saturated rings. The van der Waals surface area contributed by atoms with E-state index in [0.717, 1.165) is 43.5 Å². The van der Waals surface area contributed by atoms with E-state index in [1.54, 1.807) is 0 Å². The number of piperidine rings is 1. The Morgan fingerprint density at radius 2 is 2.06 bits per heavy atom. The van der Waals surface area contributed by atoms with Gasteiger partial charge in [0.15, 0.2) is 0 Å². The van der Waals surface area contributed by atoms with E-state index in [1.165, 1.54) is 0 Å². The second kappa shape index (κ2) is 4.71. The van der Waals surface area contributed by atoms with Crippen molar-refractivity contribution in [3.05, 3.63) is 16.1 Å². The molecule has 0 aliphatic carbocycles. The molecule has 1 aliphatic heterocycles. The fourth-order valence-electron chi connectivity index (χ4n) is 1.87. The third kappa shape index (κ3) is 2.95. The molecule has 0 spiro atoms. The van der Waals surface area contributed by atoms with Gasteiger partial charge in [0.1, 0.15) is 4.88 Å². The molecule has 0 radical (unpaired) electrons. The van der Waals surface area contributed by atoms with Gasteiger partial charge in [-0.1, -0.05) is 0 Å². The van der Waals surface area contributed by atoms with Crippen molar-refractivity contribution < 1.29 is 13.2 Å². The fourth-order valence-corrected chi connectivity index (χ4v) is 2.77. The van der Waals surface area contributed by atoms with E-state index in [4.69, 9.17) is 0 Å². The summed E-state index contributed by atoms with van der Waals surface area (Å²) < 4.78 is 37.0. The lowest BCUT2D eigenvalue weighted by Gasteiger charge is -2.21. The van der Waals surface area contributed by atoms with Crippen LogP contribution in [0.5, 0.6) is 0 Å². The van der Waals surface area contributed by atoms with E-state index in [-0.39, 0.29) is 0 Å². The molecule has 1 aromatic heterocycles. The van der Waals surface area contributed by atoms with Crippen LogP contribution in [0.15, 0.2) is 6.20 Å². The van der Waals surface area contributed by atoms with Crippen molar-refractivity contribution in [2.45, 2.75) is 25.4 Å². The quantitative estimate of drug-likeness (QED) is 0.873. The molecule has 6 heteroatoms. The van der Waals surface area contributed by atoms with E-state index in [2.05, 4.69) is 10.3 Å². The summed E-state index contributed by atoms with van der Waals surface area (Å²) in [6.45, 7) is 1.92. The average molecular weight is 250 g/mol. The highest BCUT2D eigenvalue weighted by Gasteiger charge is 2.33. The third-order valence-electron chi connectivity index (χ3n) is 2.75. The van der Waals surface area contributed by atoms with E-state index >= 15 is 0 Å². The lowest BCUT2D eigenvalue weighted by atomic mass is 9.95. The van der Waals surface area contributed by atoms with Crippen molar-refractivity contribution in [1.29, 1.82) is 0 Å². The zero-order valence-corrected chi connectivity index (χ0v) is 9.50. The molecular formula is C10H13F3N2S. The number of nitrogens with zero attached hydrogens (tertiary/aromatic N) is 1. The predicted molar refractivity (Wildman–Crippen MR) is 56.4 cm³/mol. The van der Waals surface area contributed by atoms with Crippen LogP contribution in [0.2, 0.25) is 0 Å². The van der Waals surface area contributed by atoms with Crippen molar-refractivity contribution in [3.8, 4) is 0 Å². The van der Waals surface area contributed by atoms with Gasteiger partial charge in [-0.2, -0.15) is 13.2 Å². The van der Waals surface area contributed by atoms with Gasteiger partial charge in [-0.25, -0.2) is 4.98 Å². The molecule has 1 aromatic rings. The maximum absolute atomic E-state index is 12.3. The molecule has 0 bridgehead atoms. The SMILES string of the molecule is FC(F)(F)c1cnc(CC2CCNCC2)s1. The van der Waals surface area contributed by atoms with E-state index in [9.17, 15) is 13.2 Å². The van der Waals surface area contributed by atoms with Crippen LogP contribution in [0.4, 0.5) is 13.2 Å². The Morgan fingerprint density at radius 1 is 1.38 bits per heavy atom. The first kappa shape index (κ1) is 11.9. The van der Waals surface area contributed by atoms with Gasteiger partial charge >= 0.3 is 6.18 Å². The Labute approximate surface area is 95.9 Å². The minimum atomic E-state index is -4.25. The van der Waals surface area contributed by atoms with E-state index in [0.29, 0.717) is 17.3 Å². The Morgan fingerprint density at radius 3 is 2.62 bits per heavy atom. The van der Waals surface area contributed by atoms with Crippen molar-refractivity contribution in [1.82, 2.24) is 10.3 Å². The number of halogens is 3. The highest BCUT2D eigenvalue weighted by atomic mass is 32.1. The topological polar surface area (TPSA) is 24.9 Å². The Hall–Kier alpha value is -0.620. The second-order valence-electron chi connectivity index (χ2n) is 4.01. The molecule has 1 saturated heterocycles. The lowest BCUT2D eigenvalue weighted by molar-refractivity contribution is -0.134. The van der Waals surface area contributed by atoms with Crippen molar-refractivity contribution in [2.24, 2.45) is 5.92 Å². The molecule has 16 heavy (non-hydrogen) atoms. The van der Waals surface area contributed by atoms with Crippen LogP contribution >= 0.6 is 11.3 Å². The fraction of sp³-hybridized carbons (Fsp3) is 0.700. The molecule has 2 nitrogen and oxygen atoms in total. The maximum Gasteiger partial charge on any atom is 0.427 e. The molecule has 2 heterocycles. The average Bonchev–Trinajstić information content (AvgIpc) is 2.67. The molecule has 0 atom stereocenters. The summed E-state index contributed by atoms with van der Waals surface area (Å²) in [4.78, 5) is 3.27. The minimum absolute atomic E-state index is 0.480. The molecule has 0 saturated carbocycles. The molecule has 1 aliphatic rings. The smallest absolute Gasteiger partial charge is 0.317 e. The van der Waals surface area contributed by atoms with Crippen LogP contribution in [0.1, 0.15) is 22.7 Å². The van der Waals surface area contributed by atoms with E-state index < -0.39 is 11.1 Å². The van der Waals surface area contributed by atoms with Gasteiger partial charge < -0.3 is 5.32 Å². The molecule has 0 aromatic carbocycles. The third-order valence-corrected chi connectivity index (χ3v) is 3.82. The summed E-state index contributed by atoms with van der Waals surface area (Å²) >= 11 is 0.777. The lowest BCUT2D eigenvalue weighted by Crippen LogP contribution is -2.28. The van der Waals surface area contributed by atoms with Gasteiger partial charge in [0, 0.05) is 6.42 Å². The first-order valence-corrected chi connectivity index (χ1v) is 6.10. The highest BCUT2D eigenvalue weighted by molar-refractivity contribution is 7.11. The summed E-state index contributed by atoms with van der Waals surface area (Å²) in [5, 5.41) is 3.84. The zero-order valence-electron chi connectivity index (χ0n) is 8.68. The van der Waals surface area contributed by atoms with Crippen LogP contribution in [0.3, 0.4) is 0 Å². The molecule has 0 unspecified atom stereocenters. The standard InChI is InChI=1S/C10H13F3N2S/c11-10(12,13)8-6-15-9(16-8)5-7-1-3-14-4-2-7/h6-7,14H,1-5H2. The second-order valence-corrected chi connectivity index (χ2v) is 5.13. The van der Waals surface area contributed by atoms with Crippen LogP contribution in [-0.4, -0.2) is 18.1 Å². The van der Waals surface area contributed by atoms with Gasteiger partial charge in [-0.15, -0.1) is 11.3 Å². The monoisotopic (exact) mass is 250 g/mol. The van der Waals surface area contributed by atoms with Crippen LogP contribution < -0.4 is 5.32 Å². The molecule has 1 N–H and O–H groups in total. The van der Waals surface area contributed by atoms with Gasteiger partial charge in [-0.05, 0) is 31.8 Å². The van der Waals surface area contributed by atoms with Gasteiger partial charge in [-0.3, -0.25) is 0 Å². The Balaban J connectivity index is 1.97. The van der Waals surface area contributed by atoms with Gasteiger partial charge in [0.05, 0.1) is 11.2 Å². The Kier molecular flexibility index (Phi) is 3.49. The number of hydrogen-bond acceptors (Lipinski definition) is 3. The maximum atomic E-state index is 12.3. The predicted octanol–water partition coefficient (Wildman–Crippen LogP) is 2.70. The van der Waals surface area contributed by atoms with Crippen molar-refractivity contribution in [2.75, 3.05) is 13.1 Å². The first-order valence-electron chi connectivity index (χ1n) is 5.28. The number of rotatable bonds is 2. The summed E-state index contributed by atoms with van der Waals surface area (Å²) in [5.41, 5.74) is 0. The van der Waals surface area contributed by atoms with Crippen LogP contribution in [0, 0.1) is 5.92 Å². The van der Waals surface area contributed by atoms with E-state index in [1.807, 2.05) is 0 Å². The summed E-state index contributed by atoms with van der Waals surface area (Å²) in [7, 11) is 0. The largest absolute Gasteiger partial charge is 0.427 e. The van der Waals surface area contributed by atoms with Crippen LogP contribution in [0.25, 0.3) is 0 Å². The highest BCUT2D eigenvalue weighted by Crippen LogP contribution is 2.34. The van der Waals surface area contributed by atoms with Crippen LogP contribution in [-0.2, 0) is 12.6 Å². The summed E-state index contributed by atoms with van der Waals surface area (Å²) in [5.74, 6) is 0.480. The van der Waals surface area contributed by atoms with Crippen molar-refractivity contribution in [3.63, 3.8) is 0 Å². The summed E-state index contributed by atoms with van der Waals surface area (Å²) in [6, 6.07) is 0. The first-order chi connectivity index (χ1) is 7.55. The zero-order chi connectivity index (χ0) is 11.6.